The van der Waals surface area contributed by atoms with E-state index in [1.807, 2.05) is 0 Å². The molecule has 0 aromatic heterocycles. The Balaban J connectivity index is 4.68. The van der Waals surface area contributed by atoms with Gasteiger partial charge in [0.2, 0.25) is 20.0 Å². The summed E-state index contributed by atoms with van der Waals surface area (Å²) in [7, 11) is -7.61. The van der Waals surface area contributed by atoms with E-state index in [-0.39, 0.29) is 0 Å². The van der Waals surface area contributed by atoms with Crippen LogP contribution in [0.25, 0.3) is 0 Å². The molecule has 67 valence electrons. The van der Waals surface area contributed by atoms with Crippen LogP contribution >= 0.6 is 0 Å². The zero-order valence-electron chi connectivity index (χ0n) is 6.47. The van der Waals surface area contributed by atoms with Gasteiger partial charge in [-0.15, -0.1) is 0 Å². The van der Waals surface area contributed by atoms with Crippen molar-refractivity contribution in [3.05, 3.63) is 0 Å². The molecule has 0 bridgehead atoms. The molecule has 0 heterocycles. The summed E-state index contributed by atoms with van der Waals surface area (Å²) in [6.45, 7) is 2.73. The Kier molecular flexibility index (Phi) is 3.04. The van der Waals surface area contributed by atoms with Gasteiger partial charge in [0.05, 0.1) is 11.5 Å². The Labute approximate surface area is 66.9 Å². The van der Waals surface area contributed by atoms with Crippen LogP contribution in [0.3, 0.4) is 0 Å². The Morgan fingerprint density at radius 3 is 1.55 bits per heavy atom. The fraction of sp³-hybridized carbons (Fsp3) is 1.00. The number of sulfonamides is 2. The molecule has 11 heavy (non-hydrogen) atoms. The Morgan fingerprint density at radius 1 is 1.09 bits per heavy atom. The number of nitrogens with zero attached hydrogens (tertiary/aromatic N) is 1. The minimum atomic E-state index is -3.82. The van der Waals surface area contributed by atoms with Gasteiger partial charge in [0.1, 0.15) is 0 Å². The fourth-order valence-electron chi connectivity index (χ4n) is 0.275. The maximum atomic E-state index is 10.8. The second-order valence-corrected chi connectivity index (χ2v) is 6.41. The molecule has 0 aliphatic heterocycles. The summed E-state index contributed by atoms with van der Waals surface area (Å²) >= 11 is 0. The van der Waals surface area contributed by atoms with Crippen LogP contribution < -0.4 is 4.13 Å². The minimum Gasteiger partial charge on any atom is -0.210 e. The molecule has 0 aliphatic rings. The molecule has 0 aromatic carbocycles. The van der Waals surface area contributed by atoms with Gasteiger partial charge in [0.25, 0.3) is 0 Å². The molecule has 0 saturated heterocycles. The SMILES string of the molecule is CC(C)S(=O)(=O)[N]S(C)(=O)=O. The predicted molar refractivity (Wildman–Crippen MR) is 41.0 cm³/mol. The molecule has 0 N–H and O–H groups in total. The lowest BCUT2D eigenvalue weighted by molar-refractivity contribution is 0.572. The largest absolute Gasteiger partial charge is 0.244 e. The van der Waals surface area contributed by atoms with E-state index in [1.165, 1.54) is 13.8 Å². The van der Waals surface area contributed by atoms with Crippen LogP contribution in [-0.2, 0) is 20.0 Å². The van der Waals surface area contributed by atoms with Crippen LogP contribution in [0, 0.1) is 0 Å². The van der Waals surface area contributed by atoms with E-state index in [4.69, 9.17) is 0 Å². The molecule has 0 amide bonds. The topological polar surface area (TPSA) is 82.4 Å². The van der Waals surface area contributed by atoms with Crippen LogP contribution in [0.15, 0.2) is 0 Å². The highest BCUT2D eigenvalue weighted by Crippen LogP contribution is 1.99. The first kappa shape index (κ1) is 10.9. The molecular formula is C4H10NO4S2. The summed E-state index contributed by atoms with van der Waals surface area (Å²) in [4.78, 5) is 0. The van der Waals surface area contributed by atoms with Crippen LogP contribution in [0.5, 0.6) is 0 Å². The molecular weight excluding hydrogens is 190 g/mol. The maximum absolute atomic E-state index is 10.8. The Hall–Kier alpha value is -0.140. The molecule has 5 nitrogen and oxygen atoms in total. The van der Waals surface area contributed by atoms with E-state index < -0.39 is 25.3 Å². The van der Waals surface area contributed by atoms with Gasteiger partial charge in [0, 0.05) is 4.13 Å². The quantitative estimate of drug-likeness (QED) is 0.602. The van der Waals surface area contributed by atoms with Crippen molar-refractivity contribution in [2.45, 2.75) is 19.1 Å². The highest BCUT2D eigenvalue weighted by Gasteiger charge is 2.22. The average Bonchev–Trinajstić information content (AvgIpc) is 1.56. The monoisotopic (exact) mass is 200 g/mol. The Bertz CT molecular complexity index is 312. The second-order valence-electron chi connectivity index (χ2n) is 2.37. The van der Waals surface area contributed by atoms with Crippen molar-refractivity contribution in [3.8, 4) is 0 Å². The summed E-state index contributed by atoms with van der Waals surface area (Å²) in [5, 5.41) is -0.794. The highest BCUT2D eigenvalue weighted by atomic mass is 32.3. The van der Waals surface area contributed by atoms with Gasteiger partial charge in [-0.25, -0.2) is 16.8 Å². The van der Waals surface area contributed by atoms with E-state index in [0.717, 1.165) is 6.26 Å². The van der Waals surface area contributed by atoms with Crippen molar-refractivity contribution in [1.29, 1.82) is 0 Å². The third-order valence-electron chi connectivity index (χ3n) is 0.835. The first-order chi connectivity index (χ1) is 4.65. The van der Waals surface area contributed by atoms with Crippen molar-refractivity contribution in [1.82, 2.24) is 4.13 Å². The van der Waals surface area contributed by atoms with Crippen molar-refractivity contribution < 1.29 is 16.8 Å². The molecule has 0 atom stereocenters. The molecule has 7 heteroatoms. The van der Waals surface area contributed by atoms with Gasteiger partial charge >= 0.3 is 0 Å². The van der Waals surface area contributed by atoms with Crippen molar-refractivity contribution in [2.75, 3.05) is 6.26 Å². The predicted octanol–water partition coefficient (Wildman–Crippen LogP) is -0.711. The van der Waals surface area contributed by atoms with Gasteiger partial charge in [-0.1, -0.05) is 0 Å². The number of hydrogen-bond acceptors (Lipinski definition) is 4. The first-order valence-electron chi connectivity index (χ1n) is 2.83. The standard InChI is InChI=1S/C4H10NO4S2/c1-4(2)11(8,9)5-10(3,6)7/h4H,1-3H3. The van der Waals surface area contributed by atoms with Crippen LogP contribution in [0.4, 0.5) is 0 Å². The van der Waals surface area contributed by atoms with Crippen LogP contribution in [-0.4, -0.2) is 28.3 Å². The van der Waals surface area contributed by atoms with E-state index in [9.17, 15) is 16.8 Å². The smallest absolute Gasteiger partial charge is 0.210 e. The molecule has 0 aliphatic carbocycles. The molecule has 0 fully saturated rings. The van der Waals surface area contributed by atoms with Gasteiger partial charge in [-0.05, 0) is 13.8 Å². The van der Waals surface area contributed by atoms with Gasteiger partial charge in [-0.3, -0.25) is 0 Å². The Morgan fingerprint density at radius 2 is 1.45 bits per heavy atom. The summed E-state index contributed by atoms with van der Waals surface area (Å²) < 4.78 is 45.1. The molecule has 0 spiro atoms. The van der Waals surface area contributed by atoms with Crippen LogP contribution in [0.1, 0.15) is 13.8 Å². The summed E-state index contributed by atoms with van der Waals surface area (Å²) in [5.41, 5.74) is 0. The normalized spacial score (nSPS) is 13.8. The molecule has 1 radical (unpaired) electrons. The van der Waals surface area contributed by atoms with E-state index >= 15 is 0 Å². The minimum absolute atomic E-state index is 0.743. The maximum Gasteiger partial charge on any atom is 0.244 e. The number of rotatable bonds is 3. The highest BCUT2D eigenvalue weighted by molar-refractivity contribution is 8.04. The molecule has 0 aromatic rings. The molecule has 0 rings (SSSR count). The lowest BCUT2D eigenvalue weighted by atomic mass is 10.6. The van der Waals surface area contributed by atoms with Crippen LogP contribution in [0.2, 0.25) is 0 Å². The van der Waals surface area contributed by atoms with Crippen molar-refractivity contribution in [2.24, 2.45) is 0 Å². The van der Waals surface area contributed by atoms with Gasteiger partial charge in [0.15, 0.2) is 0 Å². The average molecular weight is 200 g/mol. The third-order valence-corrected chi connectivity index (χ3v) is 3.94. The lowest BCUT2D eigenvalue weighted by Crippen LogP contribution is -2.28. The van der Waals surface area contributed by atoms with Gasteiger partial charge < -0.3 is 0 Å². The summed E-state index contributed by atoms with van der Waals surface area (Å²) in [5.74, 6) is 0. The van der Waals surface area contributed by atoms with Crippen molar-refractivity contribution in [3.63, 3.8) is 0 Å². The molecule has 0 unspecified atom stereocenters. The zero-order chi connectivity index (χ0) is 9.28. The summed E-state index contributed by atoms with van der Waals surface area (Å²) in [6, 6.07) is 0. The van der Waals surface area contributed by atoms with E-state index in [2.05, 4.69) is 4.13 Å². The van der Waals surface area contributed by atoms with E-state index in [0.29, 0.717) is 0 Å². The summed E-state index contributed by atoms with van der Waals surface area (Å²) in [6.07, 6.45) is 0.743. The lowest BCUT2D eigenvalue weighted by Gasteiger charge is -2.03. The second kappa shape index (κ2) is 3.08. The molecule has 0 saturated carbocycles. The first-order valence-corrected chi connectivity index (χ1v) is 6.18. The van der Waals surface area contributed by atoms with Crippen molar-refractivity contribution >= 4 is 20.0 Å². The zero-order valence-corrected chi connectivity index (χ0v) is 8.11. The fourth-order valence-corrected chi connectivity index (χ4v) is 2.47. The third kappa shape index (κ3) is 4.33. The van der Waals surface area contributed by atoms with E-state index in [1.54, 1.807) is 0 Å². The van der Waals surface area contributed by atoms with Gasteiger partial charge in [-0.2, -0.15) is 0 Å². The number of hydrogen-bond donors (Lipinski definition) is 0.